The molecular formula is C14H14Cl2O4. The lowest BCUT2D eigenvalue weighted by Crippen LogP contribution is -2.10. The Morgan fingerprint density at radius 3 is 2.50 bits per heavy atom. The van der Waals surface area contributed by atoms with E-state index in [-0.39, 0.29) is 18.3 Å². The number of carbonyl (C=O) groups is 2. The average Bonchev–Trinajstić information content (AvgIpc) is 3.11. The number of carboxylic acid groups (broad SMARTS) is 2. The lowest BCUT2D eigenvalue weighted by atomic mass is 9.88. The van der Waals surface area contributed by atoms with Crippen molar-refractivity contribution in [3.63, 3.8) is 0 Å². The highest BCUT2D eigenvalue weighted by atomic mass is 35.5. The van der Waals surface area contributed by atoms with Gasteiger partial charge in [0.1, 0.15) is 0 Å². The molecule has 1 aromatic carbocycles. The van der Waals surface area contributed by atoms with Crippen LogP contribution in [0.4, 0.5) is 0 Å². The van der Waals surface area contributed by atoms with Crippen LogP contribution in [0.1, 0.15) is 30.7 Å². The van der Waals surface area contributed by atoms with E-state index in [4.69, 9.17) is 33.4 Å². The van der Waals surface area contributed by atoms with Gasteiger partial charge in [0.05, 0.1) is 5.92 Å². The van der Waals surface area contributed by atoms with Crippen molar-refractivity contribution in [1.82, 2.24) is 0 Å². The average molecular weight is 317 g/mol. The van der Waals surface area contributed by atoms with E-state index in [9.17, 15) is 9.59 Å². The molecule has 0 aromatic heterocycles. The maximum atomic E-state index is 11.0. The fourth-order valence-electron chi connectivity index (χ4n) is 2.62. The van der Waals surface area contributed by atoms with E-state index in [1.807, 2.05) is 0 Å². The largest absolute Gasteiger partial charge is 0.481 e. The third-order valence-corrected chi connectivity index (χ3v) is 4.27. The van der Waals surface area contributed by atoms with Gasteiger partial charge in [-0.2, -0.15) is 0 Å². The molecule has 0 spiro atoms. The van der Waals surface area contributed by atoms with Gasteiger partial charge in [-0.1, -0.05) is 29.3 Å². The smallest absolute Gasteiger partial charge is 0.306 e. The first-order chi connectivity index (χ1) is 9.40. The minimum atomic E-state index is -0.896. The maximum Gasteiger partial charge on any atom is 0.306 e. The van der Waals surface area contributed by atoms with Crippen LogP contribution >= 0.6 is 23.2 Å². The molecule has 108 valence electrons. The Hall–Kier alpha value is -1.26. The fourth-order valence-corrected chi connectivity index (χ4v) is 3.17. The molecule has 20 heavy (non-hydrogen) atoms. The van der Waals surface area contributed by atoms with Crippen molar-refractivity contribution in [2.45, 2.75) is 25.2 Å². The molecule has 2 rings (SSSR count). The quantitative estimate of drug-likeness (QED) is 0.839. The van der Waals surface area contributed by atoms with E-state index in [0.717, 1.165) is 5.56 Å². The second kappa shape index (κ2) is 6.02. The van der Waals surface area contributed by atoms with Gasteiger partial charge in [0.25, 0.3) is 0 Å². The number of hydrogen-bond donors (Lipinski definition) is 2. The van der Waals surface area contributed by atoms with Crippen LogP contribution in [0.15, 0.2) is 18.2 Å². The lowest BCUT2D eigenvalue weighted by molar-refractivity contribution is -0.139. The highest BCUT2D eigenvalue weighted by Gasteiger charge is 2.48. The lowest BCUT2D eigenvalue weighted by Gasteiger charge is -2.18. The standard InChI is InChI=1S/C14H14Cl2O4/c15-7-1-2-9(12(16)5-7)8(3-4-13(17)18)10-6-11(10)14(19)20/h1-2,5,8,10-11H,3-4,6H2,(H,17,18)(H,19,20). The summed E-state index contributed by atoms with van der Waals surface area (Å²) < 4.78 is 0. The molecular weight excluding hydrogens is 303 g/mol. The van der Waals surface area contributed by atoms with Crippen LogP contribution in [0.25, 0.3) is 0 Å². The van der Waals surface area contributed by atoms with E-state index in [0.29, 0.717) is 22.9 Å². The van der Waals surface area contributed by atoms with Crippen molar-refractivity contribution in [2.24, 2.45) is 11.8 Å². The third kappa shape index (κ3) is 3.44. The highest BCUT2D eigenvalue weighted by molar-refractivity contribution is 6.35. The van der Waals surface area contributed by atoms with Gasteiger partial charge in [-0.05, 0) is 42.4 Å². The minimum absolute atomic E-state index is 0.00748. The van der Waals surface area contributed by atoms with E-state index >= 15 is 0 Å². The maximum absolute atomic E-state index is 11.0. The highest BCUT2D eigenvalue weighted by Crippen LogP contribution is 2.51. The van der Waals surface area contributed by atoms with Gasteiger partial charge in [0.2, 0.25) is 0 Å². The predicted molar refractivity (Wildman–Crippen MR) is 75.3 cm³/mol. The van der Waals surface area contributed by atoms with Crippen LogP contribution in [-0.4, -0.2) is 22.2 Å². The zero-order valence-corrected chi connectivity index (χ0v) is 12.1. The number of benzene rings is 1. The third-order valence-electron chi connectivity index (χ3n) is 3.70. The van der Waals surface area contributed by atoms with Crippen molar-refractivity contribution in [3.8, 4) is 0 Å². The number of hydrogen-bond acceptors (Lipinski definition) is 2. The number of aliphatic carboxylic acids is 2. The molecule has 3 atom stereocenters. The van der Waals surface area contributed by atoms with Crippen LogP contribution in [-0.2, 0) is 9.59 Å². The van der Waals surface area contributed by atoms with E-state index < -0.39 is 17.9 Å². The van der Waals surface area contributed by atoms with E-state index in [1.54, 1.807) is 18.2 Å². The summed E-state index contributed by atoms with van der Waals surface area (Å²) in [6, 6.07) is 5.05. The zero-order chi connectivity index (χ0) is 14.9. The van der Waals surface area contributed by atoms with Gasteiger partial charge >= 0.3 is 11.9 Å². The molecule has 0 aliphatic heterocycles. The molecule has 2 N–H and O–H groups in total. The molecule has 1 aliphatic carbocycles. The van der Waals surface area contributed by atoms with Crippen LogP contribution in [0.3, 0.4) is 0 Å². The molecule has 1 aromatic rings. The first-order valence-electron chi connectivity index (χ1n) is 6.29. The summed E-state index contributed by atoms with van der Waals surface area (Å²) in [7, 11) is 0. The van der Waals surface area contributed by atoms with Gasteiger partial charge in [-0.3, -0.25) is 9.59 Å². The molecule has 1 fully saturated rings. The van der Waals surface area contributed by atoms with Gasteiger partial charge in [0, 0.05) is 16.5 Å². The first-order valence-corrected chi connectivity index (χ1v) is 7.05. The molecule has 0 amide bonds. The summed E-state index contributed by atoms with van der Waals surface area (Å²) in [5, 5.41) is 18.8. The Kier molecular flexibility index (Phi) is 4.55. The van der Waals surface area contributed by atoms with Gasteiger partial charge in [0.15, 0.2) is 0 Å². The SMILES string of the molecule is O=C(O)CCC(c1ccc(Cl)cc1Cl)C1CC1C(=O)O. The van der Waals surface area contributed by atoms with Crippen LogP contribution in [0.5, 0.6) is 0 Å². The Bertz CT molecular complexity index is 544. The second-order valence-corrected chi connectivity index (χ2v) is 5.89. The summed E-state index contributed by atoms with van der Waals surface area (Å²) in [5.41, 5.74) is 0.783. The summed E-state index contributed by atoms with van der Waals surface area (Å²) in [6.07, 6.45) is 0.941. The molecule has 3 unspecified atom stereocenters. The molecule has 1 aliphatic rings. The van der Waals surface area contributed by atoms with Crippen LogP contribution < -0.4 is 0 Å². The fraction of sp³-hybridized carbons (Fsp3) is 0.429. The van der Waals surface area contributed by atoms with Crippen molar-refractivity contribution >= 4 is 35.1 Å². The Labute approximate surface area is 126 Å². The summed E-state index contributed by atoms with van der Waals surface area (Å²) >= 11 is 12.0. The Morgan fingerprint density at radius 2 is 2.00 bits per heavy atom. The Morgan fingerprint density at radius 1 is 1.30 bits per heavy atom. The van der Waals surface area contributed by atoms with Gasteiger partial charge in [-0.15, -0.1) is 0 Å². The monoisotopic (exact) mass is 316 g/mol. The van der Waals surface area contributed by atoms with Gasteiger partial charge < -0.3 is 10.2 Å². The van der Waals surface area contributed by atoms with Crippen molar-refractivity contribution in [1.29, 1.82) is 0 Å². The molecule has 0 bridgehead atoms. The molecule has 6 heteroatoms. The van der Waals surface area contributed by atoms with Crippen molar-refractivity contribution in [3.05, 3.63) is 33.8 Å². The molecule has 0 heterocycles. The minimum Gasteiger partial charge on any atom is -0.481 e. The summed E-state index contributed by atoms with van der Waals surface area (Å²) in [4.78, 5) is 21.8. The molecule has 0 saturated heterocycles. The topological polar surface area (TPSA) is 74.6 Å². The normalized spacial score (nSPS) is 22.3. The number of rotatable bonds is 6. The van der Waals surface area contributed by atoms with Crippen LogP contribution in [0.2, 0.25) is 10.0 Å². The molecule has 1 saturated carbocycles. The van der Waals surface area contributed by atoms with Crippen LogP contribution in [0, 0.1) is 11.8 Å². The Balaban J connectivity index is 2.22. The van der Waals surface area contributed by atoms with E-state index in [1.165, 1.54) is 0 Å². The van der Waals surface area contributed by atoms with E-state index in [2.05, 4.69) is 0 Å². The second-order valence-electron chi connectivity index (χ2n) is 5.05. The van der Waals surface area contributed by atoms with Crippen molar-refractivity contribution in [2.75, 3.05) is 0 Å². The van der Waals surface area contributed by atoms with Gasteiger partial charge in [-0.25, -0.2) is 0 Å². The van der Waals surface area contributed by atoms with Crippen molar-refractivity contribution < 1.29 is 19.8 Å². The summed E-state index contributed by atoms with van der Waals surface area (Å²) in [6.45, 7) is 0. The first kappa shape index (κ1) is 15.1. The zero-order valence-electron chi connectivity index (χ0n) is 10.6. The predicted octanol–water partition coefficient (Wildman–Crippen LogP) is 3.66. The number of carboxylic acids is 2. The number of halogens is 2. The molecule has 0 radical (unpaired) electrons. The molecule has 4 nitrogen and oxygen atoms in total. The summed E-state index contributed by atoms with van der Waals surface area (Å²) in [5.74, 6) is -2.34.